The van der Waals surface area contributed by atoms with Crippen LogP contribution in [0.2, 0.25) is 0 Å². The van der Waals surface area contributed by atoms with Crippen LogP contribution >= 0.6 is 0 Å². The van der Waals surface area contributed by atoms with Crippen LogP contribution in [0.3, 0.4) is 0 Å². The summed E-state index contributed by atoms with van der Waals surface area (Å²) in [6, 6.07) is 10.3. The van der Waals surface area contributed by atoms with Crippen molar-refractivity contribution in [2.75, 3.05) is 0 Å². The summed E-state index contributed by atoms with van der Waals surface area (Å²) in [5.41, 5.74) is 2.21. The zero-order chi connectivity index (χ0) is 9.97. The summed E-state index contributed by atoms with van der Waals surface area (Å²) in [6.45, 7) is 1.91. The smallest absolute Gasteiger partial charge is 0.158 e. The van der Waals surface area contributed by atoms with E-state index in [4.69, 9.17) is 0 Å². The van der Waals surface area contributed by atoms with Crippen molar-refractivity contribution in [3.63, 3.8) is 0 Å². The predicted molar refractivity (Wildman–Crippen MR) is 57.2 cm³/mol. The van der Waals surface area contributed by atoms with Crippen LogP contribution in [0.1, 0.15) is 31.2 Å². The van der Waals surface area contributed by atoms with E-state index < -0.39 is 0 Å². The van der Waals surface area contributed by atoms with Gasteiger partial charge in [0.05, 0.1) is 0 Å². The predicted octanol–water partition coefficient (Wildman–Crippen LogP) is 3.08. The number of carbonyl (C=O) groups excluding carboxylic acids is 1. The normalized spacial score (nSPS) is 21.9. The lowest BCUT2D eigenvalue weighted by Crippen LogP contribution is -2.12. The summed E-state index contributed by atoms with van der Waals surface area (Å²) >= 11 is 0. The monoisotopic (exact) mass is 186 g/mol. The Kier molecular flexibility index (Phi) is 2.49. The molecule has 1 aliphatic rings. The first-order chi connectivity index (χ1) is 6.77. The summed E-state index contributed by atoms with van der Waals surface area (Å²) in [6.07, 6.45) is 3.73. The molecular weight excluding hydrogens is 172 g/mol. The van der Waals surface area contributed by atoms with Crippen LogP contribution in [0.15, 0.2) is 42.0 Å². The van der Waals surface area contributed by atoms with E-state index in [0.717, 1.165) is 12.0 Å². The van der Waals surface area contributed by atoms with E-state index in [-0.39, 0.29) is 0 Å². The van der Waals surface area contributed by atoms with Gasteiger partial charge < -0.3 is 0 Å². The van der Waals surface area contributed by atoms with Gasteiger partial charge in [-0.25, -0.2) is 0 Å². The number of hydrogen-bond donors (Lipinski definition) is 0. The fraction of sp³-hybridized carbons (Fsp3) is 0.308. The van der Waals surface area contributed by atoms with Crippen LogP contribution in [0.25, 0.3) is 0 Å². The molecule has 0 heterocycles. The Bertz CT molecular complexity index is 362. The van der Waals surface area contributed by atoms with E-state index in [1.807, 2.05) is 25.1 Å². The number of rotatable bonds is 1. The van der Waals surface area contributed by atoms with Crippen molar-refractivity contribution >= 4 is 5.78 Å². The minimum atomic E-state index is 0.296. The maximum atomic E-state index is 11.5. The molecule has 1 heteroatoms. The van der Waals surface area contributed by atoms with Gasteiger partial charge in [0.15, 0.2) is 5.78 Å². The Morgan fingerprint density at radius 2 is 1.93 bits per heavy atom. The highest BCUT2D eigenvalue weighted by Gasteiger charge is 2.20. The van der Waals surface area contributed by atoms with E-state index in [0.29, 0.717) is 18.1 Å². The van der Waals surface area contributed by atoms with Gasteiger partial charge in [0, 0.05) is 6.42 Å². The first kappa shape index (κ1) is 9.20. The third-order valence-corrected chi connectivity index (χ3v) is 2.85. The average molecular weight is 186 g/mol. The van der Waals surface area contributed by atoms with E-state index >= 15 is 0 Å². The summed E-state index contributed by atoms with van der Waals surface area (Å²) in [5, 5.41) is 0. The number of carbonyl (C=O) groups is 1. The Morgan fingerprint density at radius 1 is 1.21 bits per heavy atom. The number of allylic oxidation sites excluding steroid dienone is 2. The topological polar surface area (TPSA) is 17.1 Å². The highest BCUT2D eigenvalue weighted by Crippen LogP contribution is 2.29. The Hall–Kier alpha value is -1.37. The Labute approximate surface area is 84.5 Å². The lowest BCUT2D eigenvalue weighted by Gasteiger charge is -2.19. The molecule has 0 aliphatic heterocycles. The molecule has 0 amide bonds. The standard InChI is InChI=1S/C13H14O/c1-10-7-8-12(9-13(10)14)11-5-3-2-4-6-11/h2-7,12H,8-9H2,1H3. The molecule has 0 saturated heterocycles. The second-order valence-corrected chi connectivity index (χ2v) is 3.86. The van der Waals surface area contributed by atoms with Crippen LogP contribution in [-0.2, 0) is 4.79 Å². The molecule has 1 nitrogen and oxygen atoms in total. The molecule has 1 aliphatic carbocycles. The van der Waals surface area contributed by atoms with Gasteiger partial charge in [0.2, 0.25) is 0 Å². The van der Waals surface area contributed by atoms with E-state index in [2.05, 4.69) is 18.2 Å². The Morgan fingerprint density at radius 3 is 2.57 bits per heavy atom. The molecule has 0 aromatic heterocycles. The van der Waals surface area contributed by atoms with Crippen molar-refractivity contribution in [2.24, 2.45) is 0 Å². The van der Waals surface area contributed by atoms with Gasteiger partial charge in [-0.05, 0) is 30.4 Å². The van der Waals surface area contributed by atoms with Crippen molar-refractivity contribution in [3.8, 4) is 0 Å². The molecule has 14 heavy (non-hydrogen) atoms. The maximum absolute atomic E-state index is 11.5. The first-order valence-corrected chi connectivity index (χ1v) is 5.02. The fourth-order valence-corrected chi connectivity index (χ4v) is 1.88. The van der Waals surface area contributed by atoms with Crippen molar-refractivity contribution in [1.82, 2.24) is 0 Å². The minimum absolute atomic E-state index is 0.296. The van der Waals surface area contributed by atoms with E-state index in [9.17, 15) is 4.79 Å². The molecule has 1 aromatic carbocycles. The number of Topliss-reactive ketones (excluding diaryl/α,β-unsaturated/α-hetero) is 1. The van der Waals surface area contributed by atoms with Gasteiger partial charge in [-0.2, -0.15) is 0 Å². The maximum Gasteiger partial charge on any atom is 0.158 e. The summed E-state index contributed by atoms with van der Waals surface area (Å²) in [5.74, 6) is 0.692. The molecule has 0 radical (unpaired) electrons. The van der Waals surface area contributed by atoms with Gasteiger partial charge in [0.25, 0.3) is 0 Å². The zero-order valence-electron chi connectivity index (χ0n) is 8.36. The molecule has 0 fully saturated rings. The lowest BCUT2D eigenvalue weighted by molar-refractivity contribution is -0.116. The molecule has 0 saturated carbocycles. The van der Waals surface area contributed by atoms with Crippen LogP contribution < -0.4 is 0 Å². The molecule has 0 spiro atoms. The van der Waals surface area contributed by atoms with Crippen LogP contribution in [0.5, 0.6) is 0 Å². The van der Waals surface area contributed by atoms with Crippen LogP contribution in [-0.4, -0.2) is 5.78 Å². The van der Waals surface area contributed by atoms with Gasteiger partial charge in [-0.15, -0.1) is 0 Å². The highest BCUT2D eigenvalue weighted by molar-refractivity contribution is 5.96. The summed E-state index contributed by atoms with van der Waals surface area (Å²) < 4.78 is 0. The SMILES string of the molecule is CC1=CCC(c2ccccc2)CC1=O. The second-order valence-electron chi connectivity index (χ2n) is 3.86. The van der Waals surface area contributed by atoms with E-state index in [1.165, 1.54) is 5.56 Å². The quantitative estimate of drug-likeness (QED) is 0.658. The van der Waals surface area contributed by atoms with E-state index in [1.54, 1.807) is 0 Å². The molecule has 0 bridgehead atoms. The Balaban J connectivity index is 2.20. The largest absolute Gasteiger partial charge is 0.295 e. The van der Waals surface area contributed by atoms with Crippen molar-refractivity contribution < 1.29 is 4.79 Å². The number of ketones is 1. The minimum Gasteiger partial charge on any atom is -0.295 e. The van der Waals surface area contributed by atoms with Crippen molar-refractivity contribution in [2.45, 2.75) is 25.7 Å². The van der Waals surface area contributed by atoms with Gasteiger partial charge in [-0.1, -0.05) is 36.4 Å². The molecule has 2 rings (SSSR count). The highest BCUT2D eigenvalue weighted by atomic mass is 16.1. The van der Waals surface area contributed by atoms with Crippen LogP contribution in [0.4, 0.5) is 0 Å². The molecule has 1 atom stereocenters. The molecule has 1 unspecified atom stereocenters. The van der Waals surface area contributed by atoms with Gasteiger partial charge in [-0.3, -0.25) is 4.79 Å². The molecule has 72 valence electrons. The van der Waals surface area contributed by atoms with Gasteiger partial charge >= 0.3 is 0 Å². The number of benzene rings is 1. The molecular formula is C13H14O. The average Bonchev–Trinajstić information content (AvgIpc) is 2.23. The third-order valence-electron chi connectivity index (χ3n) is 2.85. The summed E-state index contributed by atoms with van der Waals surface area (Å²) in [4.78, 5) is 11.5. The second kappa shape index (κ2) is 3.79. The fourth-order valence-electron chi connectivity index (χ4n) is 1.88. The number of hydrogen-bond acceptors (Lipinski definition) is 1. The van der Waals surface area contributed by atoms with Gasteiger partial charge in [0.1, 0.15) is 0 Å². The summed E-state index contributed by atoms with van der Waals surface area (Å²) in [7, 11) is 0. The van der Waals surface area contributed by atoms with Crippen LogP contribution in [0, 0.1) is 0 Å². The zero-order valence-corrected chi connectivity index (χ0v) is 8.36. The lowest BCUT2D eigenvalue weighted by atomic mass is 9.84. The molecule has 0 N–H and O–H groups in total. The molecule has 1 aromatic rings. The third kappa shape index (κ3) is 1.77. The van der Waals surface area contributed by atoms with Crippen molar-refractivity contribution in [3.05, 3.63) is 47.5 Å². The first-order valence-electron chi connectivity index (χ1n) is 5.02. The van der Waals surface area contributed by atoms with Crippen molar-refractivity contribution in [1.29, 1.82) is 0 Å².